The minimum Gasteiger partial charge on any atom is -0.399 e. The SMILES string of the molecule is CN1CCCCC1CCOCc1ccc(N)cc1. The number of nitrogens with zero attached hydrogens (tertiary/aromatic N) is 1. The fourth-order valence-corrected chi connectivity index (χ4v) is 2.53. The van der Waals surface area contributed by atoms with E-state index in [9.17, 15) is 0 Å². The number of hydrogen-bond acceptors (Lipinski definition) is 3. The van der Waals surface area contributed by atoms with E-state index in [-0.39, 0.29) is 0 Å². The molecule has 18 heavy (non-hydrogen) atoms. The summed E-state index contributed by atoms with van der Waals surface area (Å²) in [5.74, 6) is 0. The number of nitrogen functional groups attached to an aromatic ring is 1. The van der Waals surface area contributed by atoms with E-state index >= 15 is 0 Å². The van der Waals surface area contributed by atoms with Crippen molar-refractivity contribution < 1.29 is 4.74 Å². The van der Waals surface area contributed by atoms with Crippen LogP contribution in [0.3, 0.4) is 0 Å². The van der Waals surface area contributed by atoms with Gasteiger partial charge in [-0.3, -0.25) is 0 Å². The highest BCUT2D eigenvalue weighted by molar-refractivity contribution is 5.39. The minimum absolute atomic E-state index is 0.691. The third-order valence-electron chi connectivity index (χ3n) is 3.77. The molecule has 0 saturated carbocycles. The maximum Gasteiger partial charge on any atom is 0.0716 e. The standard InChI is InChI=1S/C15H24N2O/c1-17-10-3-2-4-15(17)9-11-18-12-13-5-7-14(16)8-6-13/h5-8,15H,2-4,9-12,16H2,1H3. The maximum absolute atomic E-state index is 5.74. The third-order valence-corrected chi connectivity index (χ3v) is 3.77. The van der Waals surface area contributed by atoms with Crippen LogP contribution in [0.25, 0.3) is 0 Å². The molecule has 2 N–H and O–H groups in total. The van der Waals surface area contributed by atoms with Gasteiger partial charge in [-0.1, -0.05) is 18.6 Å². The highest BCUT2D eigenvalue weighted by Gasteiger charge is 2.17. The lowest BCUT2D eigenvalue weighted by molar-refractivity contribution is 0.0830. The average Bonchev–Trinajstić information content (AvgIpc) is 2.39. The van der Waals surface area contributed by atoms with Gasteiger partial charge in [-0.05, 0) is 50.6 Å². The van der Waals surface area contributed by atoms with Gasteiger partial charge in [-0.2, -0.15) is 0 Å². The summed E-state index contributed by atoms with van der Waals surface area (Å²) in [7, 11) is 2.23. The van der Waals surface area contributed by atoms with Gasteiger partial charge in [0.2, 0.25) is 0 Å². The summed E-state index contributed by atoms with van der Waals surface area (Å²) in [6, 6.07) is 8.62. The van der Waals surface area contributed by atoms with Crippen LogP contribution in [0.1, 0.15) is 31.2 Å². The average molecular weight is 248 g/mol. The first-order valence-corrected chi connectivity index (χ1v) is 6.88. The molecule has 0 radical (unpaired) electrons. The number of hydrogen-bond donors (Lipinski definition) is 1. The molecule has 1 unspecified atom stereocenters. The van der Waals surface area contributed by atoms with Gasteiger partial charge in [-0.15, -0.1) is 0 Å². The Morgan fingerprint density at radius 2 is 2.06 bits per heavy atom. The van der Waals surface area contributed by atoms with Crippen molar-refractivity contribution in [3.05, 3.63) is 29.8 Å². The molecule has 1 aromatic rings. The lowest BCUT2D eigenvalue weighted by Crippen LogP contribution is -2.36. The summed E-state index contributed by atoms with van der Waals surface area (Å²) >= 11 is 0. The third kappa shape index (κ3) is 4.00. The summed E-state index contributed by atoms with van der Waals surface area (Å²) in [4.78, 5) is 2.47. The zero-order valence-corrected chi connectivity index (χ0v) is 11.3. The van der Waals surface area contributed by atoms with Crippen molar-refractivity contribution in [1.82, 2.24) is 4.90 Å². The maximum atomic E-state index is 5.74. The predicted molar refractivity (Wildman–Crippen MR) is 75.4 cm³/mol. The van der Waals surface area contributed by atoms with E-state index in [1.807, 2.05) is 24.3 Å². The molecule has 3 heteroatoms. The first-order chi connectivity index (χ1) is 8.75. The van der Waals surface area contributed by atoms with Crippen LogP contribution in [0.5, 0.6) is 0 Å². The van der Waals surface area contributed by atoms with Gasteiger partial charge < -0.3 is 15.4 Å². The Balaban J connectivity index is 1.65. The second kappa shape index (κ2) is 6.76. The zero-order valence-electron chi connectivity index (χ0n) is 11.3. The van der Waals surface area contributed by atoms with Crippen LogP contribution in [0, 0.1) is 0 Å². The van der Waals surface area contributed by atoms with Gasteiger partial charge in [0.25, 0.3) is 0 Å². The smallest absolute Gasteiger partial charge is 0.0716 e. The Bertz CT molecular complexity index is 350. The first kappa shape index (κ1) is 13.4. The molecule has 3 nitrogen and oxygen atoms in total. The van der Waals surface area contributed by atoms with Crippen molar-refractivity contribution in [3.63, 3.8) is 0 Å². The van der Waals surface area contributed by atoms with Crippen molar-refractivity contribution in [1.29, 1.82) is 0 Å². The number of likely N-dealkylation sites (tertiary alicyclic amines) is 1. The van der Waals surface area contributed by atoms with Crippen molar-refractivity contribution in [3.8, 4) is 0 Å². The van der Waals surface area contributed by atoms with Gasteiger partial charge in [0, 0.05) is 18.3 Å². The first-order valence-electron chi connectivity index (χ1n) is 6.88. The molecule has 2 rings (SSSR count). The van der Waals surface area contributed by atoms with Gasteiger partial charge in [0.05, 0.1) is 6.61 Å². The van der Waals surface area contributed by atoms with Crippen molar-refractivity contribution in [2.24, 2.45) is 0 Å². The minimum atomic E-state index is 0.691. The van der Waals surface area contributed by atoms with Crippen LogP contribution < -0.4 is 5.73 Å². The Hall–Kier alpha value is -1.06. The quantitative estimate of drug-likeness (QED) is 0.643. The van der Waals surface area contributed by atoms with E-state index in [1.54, 1.807) is 0 Å². The second-order valence-electron chi connectivity index (χ2n) is 5.21. The Morgan fingerprint density at radius 1 is 1.28 bits per heavy atom. The lowest BCUT2D eigenvalue weighted by Gasteiger charge is -2.32. The summed E-state index contributed by atoms with van der Waals surface area (Å²) in [5.41, 5.74) is 7.65. The second-order valence-corrected chi connectivity index (χ2v) is 5.21. The molecule has 0 spiro atoms. The lowest BCUT2D eigenvalue weighted by atomic mass is 10.0. The molecule has 100 valence electrons. The van der Waals surface area contributed by atoms with Crippen LogP contribution in [0.15, 0.2) is 24.3 Å². The van der Waals surface area contributed by atoms with Gasteiger partial charge in [-0.25, -0.2) is 0 Å². The molecule has 1 saturated heterocycles. The predicted octanol–water partition coefficient (Wildman–Crippen LogP) is 2.66. The van der Waals surface area contributed by atoms with Crippen LogP contribution in [0.2, 0.25) is 0 Å². The molecule has 0 aromatic heterocycles. The summed E-state index contributed by atoms with van der Waals surface area (Å²) in [6.07, 6.45) is 5.18. The number of benzene rings is 1. The molecular weight excluding hydrogens is 224 g/mol. The fourth-order valence-electron chi connectivity index (χ4n) is 2.53. The van der Waals surface area contributed by atoms with Crippen molar-refractivity contribution >= 4 is 5.69 Å². The Kier molecular flexibility index (Phi) is 5.02. The van der Waals surface area contributed by atoms with Gasteiger partial charge >= 0.3 is 0 Å². The Labute approximate surface area is 110 Å². The highest BCUT2D eigenvalue weighted by Crippen LogP contribution is 2.17. The number of nitrogens with two attached hydrogens (primary N) is 1. The van der Waals surface area contributed by atoms with Crippen LogP contribution >= 0.6 is 0 Å². The number of ether oxygens (including phenoxy) is 1. The van der Waals surface area contributed by atoms with Crippen LogP contribution in [-0.2, 0) is 11.3 Å². The van der Waals surface area contributed by atoms with E-state index in [0.717, 1.165) is 18.7 Å². The molecule has 0 bridgehead atoms. The largest absolute Gasteiger partial charge is 0.399 e. The number of rotatable bonds is 5. The van der Waals surface area contributed by atoms with Crippen LogP contribution in [-0.4, -0.2) is 31.1 Å². The Morgan fingerprint density at radius 3 is 2.78 bits per heavy atom. The fraction of sp³-hybridized carbons (Fsp3) is 0.600. The molecule has 1 aliphatic heterocycles. The monoisotopic (exact) mass is 248 g/mol. The van der Waals surface area contributed by atoms with Gasteiger partial charge in [0.15, 0.2) is 0 Å². The summed E-state index contributed by atoms with van der Waals surface area (Å²) in [5, 5.41) is 0. The summed E-state index contributed by atoms with van der Waals surface area (Å²) in [6.45, 7) is 2.78. The normalized spacial score (nSPS) is 21.1. The van der Waals surface area contributed by atoms with Crippen LogP contribution in [0.4, 0.5) is 5.69 Å². The van der Waals surface area contributed by atoms with E-state index in [2.05, 4.69) is 11.9 Å². The topological polar surface area (TPSA) is 38.5 Å². The molecule has 1 fully saturated rings. The number of anilines is 1. The van der Waals surface area contributed by atoms with E-state index < -0.39 is 0 Å². The number of piperidine rings is 1. The summed E-state index contributed by atoms with van der Waals surface area (Å²) < 4.78 is 5.74. The molecule has 0 aliphatic carbocycles. The highest BCUT2D eigenvalue weighted by atomic mass is 16.5. The molecule has 0 amide bonds. The molecule has 1 atom stereocenters. The van der Waals surface area contributed by atoms with E-state index in [1.165, 1.54) is 31.4 Å². The molecular formula is C15H24N2O. The molecule has 1 aliphatic rings. The van der Waals surface area contributed by atoms with E-state index in [0.29, 0.717) is 12.6 Å². The van der Waals surface area contributed by atoms with E-state index in [4.69, 9.17) is 10.5 Å². The van der Waals surface area contributed by atoms with Crippen molar-refractivity contribution in [2.75, 3.05) is 25.9 Å². The van der Waals surface area contributed by atoms with Gasteiger partial charge in [0.1, 0.15) is 0 Å². The molecule has 1 heterocycles. The van der Waals surface area contributed by atoms with Crippen molar-refractivity contribution in [2.45, 2.75) is 38.3 Å². The molecule has 1 aromatic carbocycles. The zero-order chi connectivity index (χ0) is 12.8.